The molecule has 0 atom stereocenters. The van der Waals surface area contributed by atoms with E-state index in [1.165, 1.54) is 25.3 Å². The number of hydrogen-bond donors (Lipinski definition) is 2. The number of rotatable bonds is 6. The van der Waals surface area contributed by atoms with Crippen molar-refractivity contribution in [2.24, 2.45) is 0 Å². The fourth-order valence-corrected chi connectivity index (χ4v) is 2.82. The van der Waals surface area contributed by atoms with E-state index in [1.807, 2.05) is 11.1 Å². The Morgan fingerprint density at radius 2 is 1.87 bits per heavy atom. The first-order chi connectivity index (χ1) is 14.7. The van der Waals surface area contributed by atoms with Crippen LogP contribution < -0.4 is 20.3 Å². The Morgan fingerprint density at radius 3 is 2.55 bits per heavy atom. The van der Waals surface area contributed by atoms with Crippen molar-refractivity contribution < 1.29 is 27.4 Å². The Hall–Kier alpha value is -3.46. The number of carbonyl (C=O) groups is 1. The molecule has 0 radical (unpaired) electrons. The number of alkyl halides is 3. The monoisotopic (exact) mass is 452 g/mol. The van der Waals surface area contributed by atoms with Crippen LogP contribution in [0.3, 0.4) is 0 Å². The van der Waals surface area contributed by atoms with Crippen molar-refractivity contribution >= 4 is 23.2 Å². The number of hydrogen-bond acceptors (Lipinski definition) is 4. The van der Waals surface area contributed by atoms with E-state index in [9.17, 15) is 22.8 Å². The van der Waals surface area contributed by atoms with E-state index >= 15 is 0 Å². The molecule has 2 aromatic carbocycles. The van der Waals surface area contributed by atoms with Gasteiger partial charge in [0.25, 0.3) is 11.5 Å². The molecule has 1 aromatic heterocycles. The summed E-state index contributed by atoms with van der Waals surface area (Å²) in [6.45, 7) is 0.154. The molecule has 2 N–H and O–H groups in total. The van der Waals surface area contributed by atoms with Crippen molar-refractivity contribution in [2.45, 2.75) is 12.8 Å². The molecule has 0 bridgehead atoms. The van der Waals surface area contributed by atoms with Gasteiger partial charge in [-0.05, 0) is 30.3 Å². The Bertz CT molecular complexity index is 1160. The second kappa shape index (κ2) is 9.13. The minimum Gasteiger partial charge on any atom is -0.493 e. The van der Waals surface area contributed by atoms with E-state index < -0.39 is 28.9 Å². The molecule has 0 aliphatic rings. The number of carbonyl (C=O) groups excluding carboxylic acids is 1. The number of anilines is 1. The number of amides is 1. The molecular weight excluding hydrogens is 437 g/mol. The highest BCUT2D eigenvalue weighted by atomic mass is 35.5. The normalized spacial score (nSPS) is 11.1. The van der Waals surface area contributed by atoms with Crippen LogP contribution in [0.15, 0.2) is 59.5 Å². The molecule has 3 aromatic rings. The quantitative estimate of drug-likeness (QED) is 0.558. The third-order valence-electron chi connectivity index (χ3n) is 4.25. The van der Waals surface area contributed by atoms with Gasteiger partial charge in [-0.1, -0.05) is 29.8 Å². The number of benzene rings is 2. The van der Waals surface area contributed by atoms with Crippen molar-refractivity contribution in [2.75, 3.05) is 12.4 Å². The van der Waals surface area contributed by atoms with Crippen LogP contribution in [0.25, 0.3) is 0 Å². The van der Waals surface area contributed by atoms with Crippen molar-refractivity contribution in [1.29, 1.82) is 0 Å². The van der Waals surface area contributed by atoms with Crippen LogP contribution in [0.4, 0.5) is 18.9 Å². The van der Waals surface area contributed by atoms with E-state index in [-0.39, 0.29) is 17.9 Å². The second-order valence-electron chi connectivity index (χ2n) is 6.33. The summed E-state index contributed by atoms with van der Waals surface area (Å²) in [5, 5.41) is 2.71. The number of methoxy groups -OCH3 is 1. The zero-order valence-electron chi connectivity index (χ0n) is 16.0. The number of aromatic nitrogens is 1. The van der Waals surface area contributed by atoms with Gasteiger partial charge in [-0.25, -0.2) is 0 Å². The van der Waals surface area contributed by atoms with Crippen LogP contribution in [0, 0.1) is 0 Å². The minimum atomic E-state index is -4.67. The predicted molar refractivity (Wildman–Crippen MR) is 109 cm³/mol. The molecule has 10 heteroatoms. The molecule has 162 valence electrons. The average molecular weight is 453 g/mol. The lowest BCUT2D eigenvalue weighted by Crippen LogP contribution is -2.21. The summed E-state index contributed by atoms with van der Waals surface area (Å²) in [5.41, 5.74) is -1.69. The Labute approximate surface area is 179 Å². The first-order valence-electron chi connectivity index (χ1n) is 8.84. The molecule has 0 aliphatic heterocycles. The molecule has 0 saturated heterocycles. The van der Waals surface area contributed by atoms with Crippen LogP contribution in [0.5, 0.6) is 11.5 Å². The number of pyridine rings is 1. The van der Waals surface area contributed by atoms with Gasteiger partial charge in [0, 0.05) is 22.3 Å². The van der Waals surface area contributed by atoms with Gasteiger partial charge in [-0.3, -0.25) is 9.59 Å². The van der Waals surface area contributed by atoms with Crippen LogP contribution >= 0.6 is 11.6 Å². The summed E-state index contributed by atoms with van der Waals surface area (Å²) in [4.78, 5) is 26.2. The number of halogens is 4. The zero-order chi connectivity index (χ0) is 22.6. The highest BCUT2D eigenvalue weighted by Gasteiger charge is 2.31. The van der Waals surface area contributed by atoms with Gasteiger partial charge in [0.15, 0.2) is 11.5 Å². The summed E-state index contributed by atoms with van der Waals surface area (Å²) in [6.07, 6.45) is -4.14. The molecular formula is C21H16ClF3N2O4. The standard InChI is InChI=1S/C21H16ClF3N2O4/c1-30-18-8-12(6-7-17(18)31-11-13-4-2-3-5-15(13)22)19(28)27-16-9-14(21(23,24)25)10-26-20(16)29/h2-10H,11H2,1H3,(H,26,29)(H,27,28). The first kappa shape index (κ1) is 22.2. The van der Waals surface area contributed by atoms with Gasteiger partial charge in [0.1, 0.15) is 12.3 Å². The number of ether oxygens (including phenoxy) is 2. The van der Waals surface area contributed by atoms with Gasteiger partial charge in [-0.15, -0.1) is 0 Å². The van der Waals surface area contributed by atoms with Gasteiger partial charge in [0.2, 0.25) is 0 Å². The summed E-state index contributed by atoms with van der Waals surface area (Å²) < 4.78 is 49.5. The van der Waals surface area contributed by atoms with Gasteiger partial charge >= 0.3 is 6.18 Å². The second-order valence-corrected chi connectivity index (χ2v) is 6.74. The van der Waals surface area contributed by atoms with Gasteiger partial charge < -0.3 is 19.8 Å². The Morgan fingerprint density at radius 1 is 1.13 bits per heavy atom. The summed E-state index contributed by atoms with van der Waals surface area (Å²) in [5.74, 6) is -0.241. The van der Waals surface area contributed by atoms with Crippen molar-refractivity contribution in [3.05, 3.63) is 86.8 Å². The predicted octanol–water partition coefficient (Wildman–Crippen LogP) is 4.89. The van der Waals surface area contributed by atoms with Crippen molar-refractivity contribution in [1.82, 2.24) is 4.98 Å². The molecule has 6 nitrogen and oxygen atoms in total. The maximum absolute atomic E-state index is 12.8. The lowest BCUT2D eigenvalue weighted by atomic mass is 10.1. The topological polar surface area (TPSA) is 80.4 Å². The number of aromatic amines is 1. The Balaban J connectivity index is 1.78. The Kier molecular flexibility index (Phi) is 6.55. The first-order valence-corrected chi connectivity index (χ1v) is 9.22. The molecule has 31 heavy (non-hydrogen) atoms. The van der Waals surface area contributed by atoms with Gasteiger partial charge in [0.05, 0.1) is 12.7 Å². The van der Waals surface area contributed by atoms with Crippen LogP contribution in [0.2, 0.25) is 5.02 Å². The van der Waals surface area contributed by atoms with Crippen LogP contribution in [-0.2, 0) is 12.8 Å². The summed E-state index contributed by atoms with van der Waals surface area (Å²) in [6, 6.07) is 11.9. The molecule has 1 heterocycles. The molecule has 0 fully saturated rings. The number of nitrogens with one attached hydrogen (secondary N) is 2. The molecule has 0 aliphatic carbocycles. The third kappa shape index (κ3) is 5.37. The minimum absolute atomic E-state index is 0.0544. The lowest BCUT2D eigenvalue weighted by molar-refractivity contribution is -0.137. The zero-order valence-corrected chi connectivity index (χ0v) is 16.8. The lowest BCUT2D eigenvalue weighted by Gasteiger charge is -2.13. The maximum Gasteiger partial charge on any atom is 0.417 e. The van der Waals surface area contributed by atoms with E-state index in [0.29, 0.717) is 23.0 Å². The molecule has 0 saturated carbocycles. The molecule has 1 amide bonds. The van der Waals surface area contributed by atoms with Crippen molar-refractivity contribution in [3.63, 3.8) is 0 Å². The van der Waals surface area contributed by atoms with Gasteiger partial charge in [-0.2, -0.15) is 13.2 Å². The van der Waals surface area contributed by atoms with Crippen molar-refractivity contribution in [3.8, 4) is 11.5 Å². The molecule has 0 unspecified atom stereocenters. The molecule has 3 rings (SSSR count). The van der Waals surface area contributed by atoms with Crippen LogP contribution in [-0.4, -0.2) is 18.0 Å². The SMILES string of the molecule is COc1cc(C(=O)Nc2cc(C(F)(F)F)c[nH]c2=O)ccc1OCc1ccccc1Cl. The fraction of sp³-hybridized carbons (Fsp3) is 0.143. The fourth-order valence-electron chi connectivity index (χ4n) is 2.63. The average Bonchev–Trinajstić information content (AvgIpc) is 2.73. The van der Waals surface area contributed by atoms with E-state index in [2.05, 4.69) is 5.32 Å². The maximum atomic E-state index is 12.8. The smallest absolute Gasteiger partial charge is 0.417 e. The molecule has 0 spiro atoms. The van der Waals surface area contributed by atoms with Crippen LogP contribution in [0.1, 0.15) is 21.5 Å². The summed E-state index contributed by atoms with van der Waals surface area (Å²) in [7, 11) is 1.37. The van der Waals surface area contributed by atoms with E-state index in [1.54, 1.807) is 18.2 Å². The van der Waals surface area contributed by atoms with E-state index in [4.69, 9.17) is 21.1 Å². The highest BCUT2D eigenvalue weighted by Crippen LogP contribution is 2.31. The number of H-pyrrole nitrogens is 1. The highest BCUT2D eigenvalue weighted by molar-refractivity contribution is 6.31. The summed E-state index contributed by atoms with van der Waals surface area (Å²) >= 11 is 6.10. The third-order valence-corrected chi connectivity index (χ3v) is 4.61. The van der Waals surface area contributed by atoms with E-state index in [0.717, 1.165) is 5.56 Å². The largest absolute Gasteiger partial charge is 0.493 e.